The molecule has 0 atom stereocenters. The van der Waals surface area contributed by atoms with Crippen LogP contribution >= 0.6 is 0 Å². The molecular formula is C18H21NO5S. The van der Waals surface area contributed by atoms with Gasteiger partial charge in [-0.15, -0.1) is 0 Å². The first-order valence-electron chi connectivity index (χ1n) is 7.61. The van der Waals surface area contributed by atoms with Crippen molar-refractivity contribution in [1.82, 2.24) is 4.72 Å². The average Bonchev–Trinajstić information content (AvgIpc) is 2.53. The number of rotatable bonds is 4. The summed E-state index contributed by atoms with van der Waals surface area (Å²) in [7, 11) is -2.40. The van der Waals surface area contributed by atoms with Crippen molar-refractivity contribution in [3.63, 3.8) is 0 Å². The van der Waals surface area contributed by atoms with Crippen molar-refractivity contribution >= 4 is 16.1 Å². The molecule has 0 aliphatic carbocycles. The average molecular weight is 363 g/mol. The summed E-state index contributed by atoms with van der Waals surface area (Å²) in [5, 5.41) is 0. The molecule has 1 N–H and O–H groups in total. The maximum absolute atomic E-state index is 12.2. The van der Waals surface area contributed by atoms with Crippen LogP contribution in [0.25, 0.3) is 11.1 Å². The molecule has 0 aromatic heterocycles. The highest BCUT2D eigenvalue weighted by molar-refractivity contribution is 7.90. The van der Waals surface area contributed by atoms with Gasteiger partial charge < -0.3 is 9.47 Å². The lowest BCUT2D eigenvalue weighted by atomic mass is 10.1. The van der Waals surface area contributed by atoms with E-state index in [-0.39, 0.29) is 4.90 Å². The van der Waals surface area contributed by atoms with Crippen LogP contribution in [0.2, 0.25) is 0 Å². The number of amides is 1. The lowest BCUT2D eigenvalue weighted by molar-refractivity contribution is 0.0570. The summed E-state index contributed by atoms with van der Waals surface area (Å²) in [4.78, 5) is 11.7. The molecule has 1 amide bonds. The predicted octanol–water partition coefficient (Wildman–Crippen LogP) is 3.58. The van der Waals surface area contributed by atoms with Gasteiger partial charge in [0.05, 0.1) is 12.0 Å². The van der Waals surface area contributed by atoms with Crippen molar-refractivity contribution in [2.45, 2.75) is 31.3 Å². The molecule has 0 unspecified atom stereocenters. The second kappa shape index (κ2) is 7.14. The van der Waals surface area contributed by atoms with E-state index in [0.717, 1.165) is 16.9 Å². The summed E-state index contributed by atoms with van der Waals surface area (Å²) in [5.41, 5.74) is 0.987. The Bertz CT molecular complexity index is 835. The van der Waals surface area contributed by atoms with Crippen LogP contribution in [0.4, 0.5) is 4.79 Å². The minimum absolute atomic E-state index is 0.0179. The number of ether oxygens (including phenoxy) is 2. The fourth-order valence-electron chi connectivity index (χ4n) is 2.08. The molecule has 0 saturated carbocycles. The molecule has 0 spiro atoms. The molecule has 0 aliphatic heterocycles. The Labute approximate surface area is 147 Å². The van der Waals surface area contributed by atoms with Gasteiger partial charge in [0.2, 0.25) is 0 Å². The van der Waals surface area contributed by atoms with Crippen molar-refractivity contribution in [1.29, 1.82) is 0 Å². The number of benzene rings is 2. The van der Waals surface area contributed by atoms with Crippen LogP contribution in [-0.4, -0.2) is 27.2 Å². The highest BCUT2D eigenvalue weighted by Crippen LogP contribution is 2.23. The molecule has 2 rings (SSSR count). The molecule has 2 aromatic carbocycles. The van der Waals surface area contributed by atoms with Crippen molar-refractivity contribution in [3.05, 3.63) is 48.5 Å². The number of sulfonamides is 1. The zero-order valence-corrected chi connectivity index (χ0v) is 15.4. The van der Waals surface area contributed by atoms with Gasteiger partial charge in [-0.3, -0.25) is 0 Å². The van der Waals surface area contributed by atoms with E-state index in [0.29, 0.717) is 0 Å². The maximum Gasteiger partial charge on any atom is 0.421 e. The number of carbonyl (C=O) groups is 1. The smallest absolute Gasteiger partial charge is 0.421 e. The zero-order chi connectivity index (χ0) is 18.7. The standard InChI is InChI=1S/C18H21NO5S/c1-18(2,3)24-17(20)19-25(21,22)16-11-7-14(8-12-16)13-5-9-15(23-4)10-6-13/h5-12H,1-4H3,(H,19,20). The SMILES string of the molecule is COc1ccc(-c2ccc(S(=O)(=O)NC(=O)OC(C)(C)C)cc2)cc1. The second-order valence-electron chi connectivity index (χ2n) is 6.36. The molecule has 6 nitrogen and oxygen atoms in total. The number of hydrogen-bond donors (Lipinski definition) is 1. The molecule has 7 heteroatoms. The van der Waals surface area contributed by atoms with E-state index in [1.807, 2.05) is 29.0 Å². The van der Waals surface area contributed by atoms with E-state index in [9.17, 15) is 13.2 Å². The zero-order valence-electron chi connectivity index (χ0n) is 14.6. The molecule has 0 saturated heterocycles. The Kier molecular flexibility index (Phi) is 5.37. The molecular weight excluding hydrogens is 342 g/mol. The first kappa shape index (κ1) is 18.8. The fraction of sp³-hybridized carbons (Fsp3) is 0.278. The van der Waals surface area contributed by atoms with Gasteiger partial charge in [0, 0.05) is 0 Å². The monoisotopic (exact) mass is 363 g/mol. The number of nitrogens with one attached hydrogen (secondary N) is 1. The number of hydrogen-bond acceptors (Lipinski definition) is 5. The summed E-state index contributed by atoms with van der Waals surface area (Å²) in [6.07, 6.45) is -1.01. The lowest BCUT2D eigenvalue weighted by Crippen LogP contribution is -2.36. The first-order valence-corrected chi connectivity index (χ1v) is 9.09. The Morgan fingerprint density at radius 2 is 1.40 bits per heavy atom. The third-order valence-corrected chi connectivity index (χ3v) is 4.53. The van der Waals surface area contributed by atoms with Gasteiger partial charge in [-0.05, 0) is 56.2 Å². The van der Waals surface area contributed by atoms with Crippen molar-refractivity contribution in [2.75, 3.05) is 7.11 Å². The molecule has 0 fully saturated rings. The Morgan fingerprint density at radius 3 is 1.84 bits per heavy atom. The van der Waals surface area contributed by atoms with E-state index in [4.69, 9.17) is 9.47 Å². The van der Waals surface area contributed by atoms with Crippen LogP contribution in [0.15, 0.2) is 53.4 Å². The van der Waals surface area contributed by atoms with E-state index in [1.165, 1.54) is 12.1 Å². The first-order chi connectivity index (χ1) is 11.6. The Hall–Kier alpha value is -2.54. The van der Waals surface area contributed by atoms with Gasteiger partial charge in [0.15, 0.2) is 0 Å². The largest absolute Gasteiger partial charge is 0.497 e. The highest BCUT2D eigenvalue weighted by Gasteiger charge is 2.22. The van der Waals surface area contributed by atoms with Crippen LogP contribution in [-0.2, 0) is 14.8 Å². The van der Waals surface area contributed by atoms with Crippen molar-refractivity contribution in [2.24, 2.45) is 0 Å². The van der Waals surface area contributed by atoms with Gasteiger partial charge in [-0.2, -0.15) is 0 Å². The predicted molar refractivity (Wildman–Crippen MR) is 95.0 cm³/mol. The van der Waals surface area contributed by atoms with E-state index < -0.39 is 21.7 Å². The van der Waals surface area contributed by atoms with E-state index in [2.05, 4.69) is 0 Å². The van der Waals surface area contributed by atoms with Crippen LogP contribution in [0, 0.1) is 0 Å². The minimum Gasteiger partial charge on any atom is -0.497 e. The van der Waals surface area contributed by atoms with Gasteiger partial charge >= 0.3 is 6.09 Å². The van der Waals surface area contributed by atoms with Crippen molar-refractivity contribution < 1.29 is 22.7 Å². The van der Waals surface area contributed by atoms with Gasteiger partial charge in [0.25, 0.3) is 10.0 Å². The normalized spacial score (nSPS) is 11.7. The molecule has 134 valence electrons. The molecule has 0 radical (unpaired) electrons. The summed E-state index contributed by atoms with van der Waals surface area (Å²) < 4.78 is 36.4. The second-order valence-corrected chi connectivity index (χ2v) is 8.04. The topological polar surface area (TPSA) is 81.7 Å². The van der Waals surface area contributed by atoms with Crippen LogP contribution in [0.1, 0.15) is 20.8 Å². The summed E-state index contributed by atoms with van der Waals surface area (Å²) >= 11 is 0. The summed E-state index contributed by atoms with van der Waals surface area (Å²) in [6, 6.07) is 13.6. The quantitative estimate of drug-likeness (QED) is 0.898. The summed E-state index contributed by atoms with van der Waals surface area (Å²) in [5.74, 6) is 0.740. The lowest BCUT2D eigenvalue weighted by Gasteiger charge is -2.19. The molecule has 0 bridgehead atoms. The third-order valence-electron chi connectivity index (χ3n) is 3.20. The maximum atomic E-state index is 12.2. The van der Waals surface area contributed by atoms with Crippen LogP contribution in [0.3, 0.4) is 0 Å². The van der Waals surface area contributed by atoms with E-state index >= 15 is 0 Å². The van der Waals surface area contributed by atoms with E-state index in [1.54, 1.807) is 40.0 Å². The molecule has 0 heterocycles. The fourth-order valence-corrected chi connectivity index (χ4v) is 2.95. The molecule has 0 aliphatic rings. The Balaban J connectivity index is 2.16. The minimum atomic E-state index is -3.99. The van der Waals surface area contributed by atoms with Gasteiger partial charge in [-0.25, -0.2) is 17.9 Å². The third kappa shape index (κ3) is 5.22. The molecule has 2 aromatic rings. The van der Waals surface area contributed by atoms with Gasteiger partial charge in [-0.1, -0.05) is 24.3 Å². The van der Waals surface area contributed by atoms with Crippen LogP contribution < -0.4 is 9.46 Å². The number of carbonyl (C=O) groups excluding carboxylic acids is 1. The van der Waals surface area contributed by atoms with Crippen molar-refractivity contribution in [3.8, 4) is 16.9 Å². The summed E-state index contributed by atoms with van der Waals surface area (Å²) in [6.45, 7) is 4.97. The molecule has 25 heavy (non-hydrogen) atoms. The Morgan fingerprint density at radius 1 is 0.920 bits per heavy atom. The van der Waals surface area contributed by atoms with Gasteiger partial charge in [0.1, 0.15) is 11.4 Å². The van der Waals surface area contributed by atoms with Crippen LogP contribution in [0.5, 0.6) is 5.75 Å². The number of methoxy groups -OCH3 is 1. The highest BCUT2D eigenvalue weighted by atomic mass is 32.2.